The monoisotopic (exact) mass is 485 g/mol. The number of carbonyl (C=O) groups is 1. The number of ether oxygens (including phenoxy) is 4. The molecular formula is C25H31N3O5S. The quantitative estimate of drug-likeness (QED) is 0.454. The van der Waals surface area contributed by atoms with Crippen molar-refractivity contribution >= 4 is 32.6 Å². The third kappa shape index (κ3) is 5.27. The minimum atomic E-state index is -0.144. The fraction of sp³-hybridized carbons (Fsp3) is 0.440. The van der Waals surface area contributed by atoms with E-state index in [0.29, 0.717) is 34.5 Å². The molecule has 0 N–H and O–H groups in total. The Hall–Kier alpha value is -2.88. The maximum absolute atomic E-state index is 13.8. The van der Waals surface area contributed by atoms with Crippen LogP contribution in [-0.2, 0) is 4.74 Å². The molecule has 2 aromatic carbocycles. The van der Waals surface area contributed by atoms with Crippen molar-refractivity contribution in [2.45, 2.75) is 13.3 Å². The normalized spacial score (nSPS) is 14.2. The molecule has 3 aromatic rings. The molecule has 0 unspecified atom stereocenters. The zero-order valence-corrected chi connectivity index (χ0v) is 20.9. The van der Waals surface area contributed by atoms with Crippen LogP contribution in [0.5, 0.6) is 17.2 Å². The van der Waals surface area contributed by atoms with Crippen LogP contribution in [0.4, 0.5) is 5.13 Å². The number of aromatic nitrogens is 1. The number of hydrogen-bond acceptors (Lipinski definition) is 8. The average Bonchev–Trinajstić information content (AvgIpc) is 3.33. The van der Waals surface area contributed by atoms with Crippen molar-refractivity contribution in [2.24, 2.45) is 0 Å². The van der Waals surface area contributed by atoms with Gasteiger partial charge in [-0.2, -0.15) is 0 Å². The highest BCUT2D eigenvalue weighted by atomic mass is 32.1. The molecule has 1 saturated heterocycles. The summed E-state index contributed by atoms with van der Waals surface area (Å²) in [5, 5.41) is 0.649. The van der Waals surface area contributed by atoms with Gasteiger partial charge in [-0.05, 0) is 37.1 Å². The average molecular weight is 486 g/mol. The van der Waals surface area contributed by atoms with Gasteiger partial charge in [0.25, 0.3) is 5.91 Å². The van der Waals surface area contributed by atoms with Crippen molar-refractivity contribution in [3.8, 4) is 17.2 Å². The zero-order chi connectivity index (χ0) is 24.1. The number of thiazole rings is 1. The second kappa shape index (κ2) is 11.0. The van der Waals surface area contributed by atoms with Crippen LogP contribution in [-0.4, -0.2) is 76.5 Å². The number of rotatable bonds is 9. The Morgan fingerprint density at radius 1 is 1.09 bits per heavy atom. The van der Waals surface area contributed by atoms with Gasteiger partial charge in [-0.25, -0.2) is 4.98 Å². The molecule has 0 saturated carbocycles. The second-order valence-electron chi connectivity index (χ2n) is 8.12. The topological polar surface area (TPSA) is 73.4 Å². The number of nitrogens with zero attached hydrogens (tertiary/aromatic N) is 3. The molecule has 182 valence electrons. The third-order valence-electron chi connectivity index (χ3n) is 5.95. The van der Waals surface area contributed by atoms with E-state index < -0.39 is 0 Å². The second-order valence-corrected chi connectivity index (χ2v) is 9.10. The summed E-state index contributed by atoms with van der Waals surface area (Å²) in [5.74, 6) is 1.69. The molecule has 1 amide bonds. The van der Waals surface area contributed by atoms with E-state index in [1.54, 1.807) is 44.4 Å². The minimum absolute atomic E-state index is 0.144. The van der Waals surface area contributed by atoms with Crippen LogP contribution in [0.1, 0.15) is 22.3 Å². The molecule has 0 aliphatic carbocycles. The number of anilines is 1. The molecule has 1 aliphatic rings. The van der Waals surface area contributed by atoms with Gasteiger partial charge in [0.1, 0.15) is 22.8 Å². The van der Waals surface area contributed by atoms with E-state index in [0.717, 1.165) is 55.0 Å². The number of fused-ring (bicyclic) bond motifs is 1. The van der Waals surface area contributed by atoms with Gasteiger partial charge in [0.05, 0.1) is 39.2 Å². The van der Waals surface area contributed by atoms with Gasteiger partial charge < -0.3 is 18.9 Å². The first-order valence-corrected chi connectivity index (χ1v) is 12.1. The smallest absolute Gasteiger partial charge is 0.260 e. The molecular weight excluding hydrogens is 454 g/mol. The molecule has 2 heterocycles. The first-order chi connectivity index (χ1) is 16.5. The molecule has 1 fully saturated rings. The van der Waals surface area contributed by atoms with Gasteiger partial charge >= 0.3 is 0 Å². The molecule has 8 nitrogen and oxygen atoms in total. The standard InChI is InChI=1S/C25H31N3O5S/c1-17-6-7-21(32-4)22-23(17)34-25(26-22)28(9-5-8-27-10-12-33-13-11-27)24(29)18-14-19(30-2)16-20(15-18)31-3/h6-7,14-16H,5,8-13H2,1-4H3. The van der Waals surface area contributed by atoms with E-state index in [1.165, 1.54) is 11.3 Å². The number of aryl methyl sites for hydroxylation is 1. The highest BCUT2D eigenvalue weighted by molar-refractivity contribution is 7.22. The largest absolute Gasteiger partial charge is 0.497 e. The van der Waals surface area contributed by atoms with Gasteiger partial charge in [0.2, 0.25) is 0 Å². The molecule has 0 spiro atoms. The summed E-state index contributed by atoms with van der Waals surface area (Å²) in [6.07, 6.45) is 0.818. The lowest BCUT2D eigenvalue weighted by atomic mass is 10.1. The third-order valence-corrected chi connectivity index (χ3v) is 7.16. The van der Waals surface area contributed by atoms with E-state index in [1.807, 2.05) is 19.1 Å². The molecule has 1 aliphatic heterocycles. The molecule has 9 heteroatoms. The maximum Gasteiger partial charge on any atom is 0.260 e. The summed E-state index contributed by atoms with van der Waals surface area (Å²) >= 11 is 1.51. The van der Waals surface area contributed by atoms with Crippen LogP contribution in [0.25, 0.3) is 10.2 Å². The van der Waals surface area contributed by atoms with Gasteiger partial charge in [-0.15, -0.1) is 0 Å². The summed E-state index contributed by atoms with van der Waals surface area (Å²) in [5.41, 5.74) is 2.37. The molecule has 0 bridgehead atoms. The Labute approximate surface area is 204 Å². The van der Waals surface area contributed by atoms with Crippen molar-refractivity contribution in [1.29, 1.82) is 0 Å². The number of amides is 1. The van der Waals surface area contributed by atoms with E-state index in [-0.39, 0.29) is 5.91 Å². The van der Waals surface area contributed by atoms with Crippen molar-refractivity contribution < 1.29 is 23.7 Å². The van der Waals surface area contributed by atoms with E-state index in [4.69, 9.17) is 23.9 Å². The zero-order valence-electron chi connectivity index (χ0n) is 20.1. The summed E-state index contributed by atoms with van der Waals surface area (Å²) in [4.78, 5) is 22.8. The number of hydrogen-bond donors (Lipinski definition) is 0. The fourth-order valence-electron chi connectivity index (χ4n) is 4.03. The number of benzene rings is 2. The number of methoxy groups -OCH3 is 3. The maximum atomic E-state index is 13.8. The predicted octanol–water partition coefficient (Wildman–Crippen LogP) is 4.00. The summed E-state index contributed by atoms with van der Waals surface area (Å²) in [6, 6.07) is 9.16. The van der Waals surface area contributed by atoms with E-state index in [2.05, 4.69) is 4.90 Å². The van der Waals surface area contributed by atoms with Crippen molar-refractivity contribution in [2.75, 3.05) is 65.6 Å². The lowest BCUT2D eigenvalue weighted by Gasteiger charge is -2.27. The molecule has 0 radical (unpaired) electrons. The van der Waals surface area contributed by atoms with Crippen molar-refractivity contribution in [1.82, 2.24) is 9.88 Å². The lowest BCUT2D eigenvalue weighted by Crippen LogP contribution is -2.39. The van der Waals surface area contributed by atoms with Gasteiger partial charge in [0, 0.05) is 37.8 Å². The van der Waals surface area contributed by atoms with Crippen LogP contribution in [0.2, 0.25) is 0 Å². The minimum Gasteiger partial charge on any atom is -0.497 e. The Morgan fingerprint density at radius 2 is 1.79 bits per heavy atom. The van der Waals surface area contributed by atoms with Crippen LogP contribution >= 0.6 is 11.3 Å². The first-order valence-electron chi connectivity index (χ1n) is 11.3. The molecule has 1 aromatic heterocycles. The first kappa shape index (κ1) is 24.3. The van der Waals surface area contributed by atoms with Crippen LogP contribution in [0.15, 0.2) is 30.3 Å². The Morgan fingerprint density at radius 3 is 2.44 bits per heavy atom. The molecule has 0 atom stereocenters. The van der Waals surface area contributed by atoms with Gasteiger partial charge in [-0.1, -0.05) is 17.4 Å². The predicted molar refractivity (Wildman–Crippen MR) is 134 cm³/mol. The SMILES string of the molecule is COc1cc(OC)cc(C(=O)N(CCCN2CCOCC2)c2nc3c(OC)ccc(C)c3s2)c1. The lowest BCUT2D eigenvalue weighted by molar-refractivity contribution is 0.0376. The Bertz CT molecular complexity index is 1120. The fourth-order valence-corrected chi connectivity index (χ4v) is 5.10. The van der Waals surface area contributed by atoms with Crippen LogP contribution < -0.4 is 19.1 Å². The Kier molecular flexibility index (Phi) is 7.87. The molecule has 4 rings (SSSR count). The van der Waals surface area contributed by atoms with Crippen LogP contribution in [0.3, 0.4) is 0 Å². The van der Waals surface area contributed by atoms with E-state index >= 15 is 0 Å². The summed E-state index contributed by atoms with van der Waals surface area (Å²) in [7, 11) is 4.79. The van der Waals surface area contributed by atoms with Gasteiger partial charge in [0.15, 0.2) is 5.13 Å². The van der Waals surface area contributed by atoms with E-state index in [9.17, 15) is 4.79 Å². The summed E-state index contributed by atoms with van der Waals surface area (Å²) in [6.45, 7) is 6.81. The number of carbonyl (C=O) groups excluding carboxylic acids is 1. The highest BCUT2D eigenvalue weighted by Crippen LogP contribution is 2.37. The molecule has 34 heavy (non-hydrogen) atoms. The summed E-state index contributed by atoms with van der Waals surface area (Å²) < 4.78 is 22.8. The van der Waals surface area contributed by atoms with Crippen molar-refractivity contribution in [3.63, 3.8) is 0 Å². The highest BCUT2D eigenvalue weighted by Gasteiger charge is 2.24. The Balaban J connectivity index is 1.67. The van der Waals surface area contributed by atoms with Crippen LogP contribution in [0, 0.1) is 6.92 Å². The van der Waals surface area contributed by atoms with Crippen molar-refractivity contribution in [3.05, 3.63) is 41.5 Å². The van der Waals surface area contributed by atoms with Gasteiger partial charge in [-0.3, -0.25) is 14.6 Å². The number of morpholine rings is 1.